The fourth-order valence-electron chi connectivity index (χ4n) is 2.86. The van der Waals surface area contributed by atoms with Gasteiger partial charge in [0.05, 0.1) is 24.3 Å². The van der Waals surface area contributed by atoms with Crippen LogP contribution in [-0.4, -0.2) is 43.8 Å². The molecule has 116 valence electrons. The molecule has 2 aliphatic rings. The Kier molecular flexibility index (Phi) is 3.18. The van der Waals surface area contributed by atoms with E-state index in [2.05, 4.69) is 20.1 Å². The monoisotopic (exact) mass is 302 g/mol. The van der Waals surface area contributed by atoms with Gasteiger partial charge in [-0.05, 0) is 12.8 Å². The van der Waals surface area contributed by atoms with Crippen molar-refractivity contribution in [2.75, 3.05) is 13.1 Å². The number of rotatable bonds is 5. The van der Waals surface area contributed by atoms with Crippen LogP contribution in [0.2, 0.25) is 0 Å². The van der Waals surface area contributed by atoms with Crippen LogP contribution >= 0.6 is 0 Å². The standard InChI is InChI=1S/C14H18N6O2/c15-13(21)10-4-16-20(5-10)11-6-19(7-11)8-12-17-14(22-18-12)9-2-1-3-9/h4-5,9,11H,1-3,6-8H2,(H2,15,21). The Balaban J connectivity index is 1.31. The lowest BCUT2D eigenvalue weighted by Crippen LogP contribution is -2.47. The number of nitrogens with zero attached hydrogens (tertiary/aromatic N) is 5. The van der Waals surface area contributed by atoms with Crippen molar-refractivity contribution in [1.29, 1.82) is 0 Å². The van der Waals surface area contributed by atoms with Crippen LogP contribution in [0.25, 0.3) is 0 Å². The predicted octanol–water partition coefficient (Wildman–Crippen LogP) is 0.689. The minimum absolute atomic E-state index is 0.270. The molecule has 1 saturated heterocycles. The zero-order valence-electron chi connectivity index (χ0n) is 12.2. The average molecular weight is 302 g/mol. The molecule has 1 aliphatic carbocycles. The zero-order chi connectivity index (χ0) is 15.1. The molecule has 4 rings (SSSR count). The van der Waals surface area contributed by atoms with E-state index in [0.29, 0.717) is 18.0 Å². The molecule has 2 fully saturated rings. The maximum Gasteiger partial charge on any atom is 0.251 e. The third-order valence-corrected chi connectivity index (χ3v) is 4.50. The summed E-state index contributed by atoms with van der Waals surface area (Å²) in [6.45, 7) is 2.40. The molecule has 1 amide bonds. The predicted molar refractivity (Wildman–Crippen MR) is 75.9 cm³/mol. The first kappa shape index (κ1) is 13.4. The van der Waals surface area contributed by atoms with Gasteiger partial charge in [-0.2, -0.15) is 10.1 Å². The molecule has 3 heterocycles. The van der Waals surface area contributed by atoms with Gasteiger partial charge in [0.2, 0.25) is 5.89 Å². The zero-order valence-corrected chi connectivity index (χ0v) is 12.2. The Hall–Kier alpha value is -2.22. The normalized spacial score (nSPS) is 19.8. The first-order valence-corrected chi connectivity index (χ1v) is 7.58. The highest BCUT2D eigenvalue weighted by molar-refractivity contribution is 5.92. The Morgan fingerprint density at radius 1 is 1.41 bits per heavy atom. The summed E-state index contributed by atoms with van der Waals surface area (Å²) >= 11 is 0. The summed E-state index contributed by atoms with van der Waals surface area (Å²) in [5, 5.41) is 8.24. The SMILES string of the molecule is NC(=O)c1cnn(C2CN(Cc3noc(C4CCC4)n3)C2)c1. The molecule has 0 unspecified atom stereocenters. The Bertz CT molecular complexity index is 683. The van der Waals surface area contributed by atoms with Crippen molar-refractivity contribution in [2.45, 2.75) is 37.8 Å². The van der Waals surface area contributed by atoms with Crippen molar-refractivity contribution in [3.63, 3.8) is 0 Å². The van der Waals surface area contributed by atoms with E-state index in [4.69, 9.17) is 10.3 Å². The van der Waals surface area contributed by atoms with E-state index in [-0.39, 0.29) is 6.04 Å². The molecule has 0 bridgehead atoms. The molecule has 1 aliphatic heterocycles. The number of carbonyl (C=O) groups is 1. The highest BCUT2D eigenvalue weighted by Gasteiger charge is 2.31. The quantitative estimate of drug-likeness (QED) is 0.871. The van der Waals surface area contributed by atoms with Crippen molar-refractivity contribution in [2.24, 2.45) is 5.73 Å². The number of carbonyl (C=O) groups excluding carboxylic acids is 1. The fraction of sp³-hybridized carbons (Fsp3) is 0.571. The van der Waals surface area contributed by atoms with Crippen LogP contribution < -0.4 is 5.73 Å². The molecule has 8 nitrogen and oxygen atoms in total. The smallest absolute Gasteiger partial charge is 0.251 e. The summed E-state index contributed by atoms with van der Waals surface area (Å²) in [6, 6.07) is 0.270. The summed E-state index contributed by atoms with van der Waals surface area (Å²) in [4.78, 5) is 17.8. The molecule has 2 aromatic heterocycles. The molecule has 2 aromatic rings. The van der Waals surface area contributed by atoms with Crippen molar-refractivity contribution < 1.29 is 9.32 Å². The summed E-state index contributed by atoms with van der Waals surface area (Å²) in [7, 11) is 0. The Labute approximate surface area is 127 Å². The number of hydrogen-bond acceptors (Lipinski definition) is 6. The fourth-order valence-corrected chi connectivity index (χ4v) is 2.86. The van der Waals surface area contributed by atoms with Crippen LogP contribution in [0, 0.1) is 0 Å². The first-order chi connectivity index (χ1) is 10.7. The number of nitrogens with two attached hydrogens (primary N) is 1. The second kappa shape index (κ2) is 5.20. The van der Waals surface area contributed by atoms with Crippen molar-refractivity contribution in [3.05, 3.63) is 29.7 Å². The van der Waals surface area contributed by atoms with E-state index in [0.717, 1.165) is 37.6 Å². The molecule has 2 N–H and O–H groups in total. The van der Waals surface area contributed by atoms with Crippen molar-refractivity contribution >= 4 is 5.91 Å². The van der Waals surface area contributed by atoms with E-state index >= 15 is 0 Å². The third-order valence-electron chi connectivity index (χ3n) is 4.50. The molecule has 1 saturated carbocycles. The lowest BCUT2D eigenvalue weighted by Gasteiger charge is -2.38. The van der Waals surface area contributed by atoms with Gasteiger partial charge in [-0.1, -0.05) is 11.6 Å². The number of primary amides is 1. The molecule has 0 spiro atoms. The van der Waals surface area contributed by atoms with Crippen LogP contribution in [0.4, 0.5) is 0 Å². The maximum absolute atomic E-state index is 11.1. The minimum atomic E-state index is -0.447. The van der Waals surface area contributed by atoms with Gasteiger partial charge in [0.15, 0.2) is 5.82 Å². The highest BCUT2D eigenvalue weighted by atomic mass is 16.5. The molecular formula is C14H18N6O2. The molecule has 22 heavy (non-hydrogen) atoms. The van der Waals surface area contributed by atoms with Gasteiger partial charge in [-0.3, -0.25) is 14.4 Å². The van der Waals surface area contributed by atoms with Crippen LogP contribution in [0.3, 0.4) is 0 Å². The number of amides is 1. The van der Waals surface area contributed by atoms with E-state index in [1.54, 1.807) is 10.9 Å². The number of aromatic nitrogens is 4. The van der Waals surface area contributed by atoms with E-state index in [1.807, 2.05) is 0 Å². The summed E-state index contributed by atoms with van der Waals surface area (Å²) in [5.74, 6) is 1.56. The Morgan fingerprint density at radius 2 is 2.23 bits per heavy atom. The number of hydrogen-bond donors (Lipinski definition) is 1. The van der Waals surface area contributed by atoms with E-state index < -0.39 is 5.91 Å². The lowest BCUT2D eigenvalue weighted by molar-refractivity contribution is 0.0870. The van der Waals surface area contributed by atoms with Crippen LogP contribution in [0.1, 0.15) is 53.3 Å². The van der Waals surface area contributed by atoms with Gasteiger partial charge in [-0.25, -0.2) is 0 Å². The van der Waals surface area contributed by atoms with Crippen LogP contribution in [-0.2, 0) is 6.54 Å². The summed E-state index contributed by atoms with van der Waals surface area (Å²) in [6.07, 6.45) is 6.79. The van der Waals surface area contributed by atoms with Gasteiger partial charge < -0.3 is 10.3 Å². The minimum Gasteiger partial charge on any atom is -0.366 e. The van der Waals surface area contributed by atoms with E-state index in [9.17, 15) is 4.79 Å². The van der Waals surface area contributed by atoms with Gasteiger partial charge >= 0.3 is 0 Å². The second-order valence-corrected chi connectivity index (χ2v) is 6.10. The Morgan fingerprint density at radius 3 is 2.86 bits per heavy atom. The topological polar surface area (TPSA) is 103 Å². The molecular weight excluding hydrogens is 284 g/mol. The maximum atomic E-state index is 11.1. The first-order valence-electron chi connectivity index (χ1n) is 7.58. The summed E-state index contributed by atoms with van der Waals surface area (Å²) < 4.78 is 7.12. The summed E-state index contributed by atoms with van der Waals surface area (Å²) in [5.41, 5.74) is 5.68. The molecule has 8 heteroatoms. The molecule has 0 radical (unpaired) electrons. The number of likely N-dealkylation sites (tertiary alicyclic amines) is 1. The second-order valence-electron chi connectivity index (χ2n) is 6.10. The van der Waals surface area contributed by atoms with Gasteiger partial charge in [0.25, 0.3) is 5.91 Å². The molecule has 0 atom stereocenters. The third kappa shape index (κ3) is 2.39. The highest BCUT2D eigenvalue weighted by Crippen LogP contribution is 2.35. The van der Waals surface area contributed by atoms with Crippen LogP contribution in [0.15, 0.2) is 16.9 Å². The lowest BCUT2D eigenvalue weighted by atomic mass is 9.85. The largest absolute Gasteiger partial charge is 0.366 e. The van der Waals surface area contributed by atoms with Gasteiger partial charge in [0, 0.05) is 25.2 Å². The van der Waals surface area contributed by atoms with Gasteiger partial charge in [0.1, 0.15) is 0 Å². The van der Waals surface area contributed by atoms with Crippen molar-refractivity contribution in [3.8, 4) is 0 Å². The van der Waals surface area contributed by atoms with E-state index in [1.165, 1.54) is 12.6 Å². The van der Waals surface area contributed by atoms with Gasteiger partial charge in [-0.15, -0.1) is 0 Å². The molecule has 0 aromatic carbocycles. The van der Waals surface area contributed by atoms with Crippen LogP contribution in [0.5, 0.6) is 0 Å². The van der Waals surface area contributed by atoms with Crippen molar-refractivity contribution in [1.82, 2.24) is 24.8 Å². The average Bonchev–Trinajstić information content (AvgIpc) is 3.00.